The smallest absolute Gasteiger partial charge is 0.252 e. The van der Waals surface area contributed by atoms with E-state index in [4.69, 9.17) is 9.47 Å². The van der Waals surface area contributed by atoms with Crippen LogP contribution in [0, 0.1) is 41.5 Å². The van der Waals surface area contributed by atoms with Crippen molar-refractivity contribution in [1.82, 2.24) is 0 Å². The summed E-state index contributed by atoms with van der Waals surface area (Å²) in [6, 6.07) is 12.7. The van der Waals surface area contributed by atoms with Gasteiger partial charge in [-0.05, 0) is 88.8 Å². The molecule has 0 spiro atoms. The van der Waals surface area contributed by atoms with E-state index in [-0.39, 0.29) is 11.1 Å². The van der Waals surface area contributed by atoms with Gasteiger partial charge in [0.15, 0.2) is 0 Å². The van der Waals surface area contributed by atoms with Crippen molar-refractivity contribution in [3.05, 3.63) is 87.0 Å². The Morgan fingerprint density at radius 3 is 1.45 bits per heavy atom. The van der Waals surface area contributed by atoms with E-state index in [9.17, 15) is 9.59 Å². The maximum atomic E-state index is 15.6. The third-order valence-electron chi connectivity index (χ3n) is 8.15. The van der Waals surface area contributed by atoms with Crippen LogP contribution in [0.15, 0.2) is 42.5 Å². The van der Waals surface area contributed by atoms with Crippen molar-refractivity contribution >= 4 is 23.5 Å². The fourth-order valence-electron chi connectivity index (χ4n) is 6.05. The third-order valence-corrected chi connectivity index (χ3v) is 10.8. The Bertz CT molecular complexity index is 1400. The Morgan fingerprint density at radius 2 is 1.02 bits per heavy atom. The highest BCUT2D eigenvalue weighted by molar-refractivity contribution is 8.01. The van der Waals surface area contributed by atoms with E-state index in [1.54, 1.807) is 18.2 Å². The Kier molecular flexibility index (Phi) is 13.0. The van der Waals surface area contributed by atoms with Crippen LogP contribution >= 0.6 is 7.14 Å². The molecular weight excluding hydrogens is 567 g/mol. The number of benzene rings is 3. The molecule has 0 saturated carbocycles. The molecule has 3 rings (SSSR count). The highest BCUT2D eigenvalue weighted by atomic mass is 31.2. The van der Waals surface area contributed by atoms with Crippen LogP contribution in [0.2, 0.25) is 0 Å². The molecule has 0 aliphatic carbocycles. The number of hydrogen-bond acceptors (Lipinski definition) is 5. The van der Waals surface area contributed by atoms with Crippen LogP contribution in [0.3, 0.4) is 0 Å². The fraction of sp³-hybridized carbons (Fsp3) is 0.474. The number of carbonyl (C=O) groups is 2. The number of aryl methyl sites for hydroxylation is 6. The number of carbonyl (C=O) groups excluding carboxylic acids is 2. The second kappa shape index (κ2) is 16.2. The largest absolute Gasteiger partial charge is 0.493 e. The van der Waals surface area contributed by atoms with Crippen LogP contribution in [0.25, 0.3) is 0 Å². The van der Waals surface area contributed by atoms with Crippen molar-refractivity contribution in [2.24, 2.45) is 0 Å². The van der Waals surface area contributed by atoms with Crippen molar-refractivity contribution in [2.75, 3.05) is 13.2 Å². The van der Waals surface area contributed by atoms with E-state index in [0.29, 0.717) is 52.3 Å². The molecule has 0 aliphatic rings. The van der Waals surface area contributed by atoms with Crippen molar-refractivity contribution in [1.29, 1.82) is 0 Å². The summed E-state index contributed by atoms with van der Waals surface area (Å²) in [5, 5.41) is 0.139. The predicted molar refractivity (Wildman–Crippen MR) is 183 cm³/mol. The molecule has 3 aromatic carbocycles. The highest BCUT2D eigenvalue weighted by Gasteiger charge is 2.46. The van der Waals surface area contributed by atoms with Gasteiger partial charge in [0, 0.05) is 17.2 Å². The second-order valence-electron chi connectivity index (χ2n) is 12.2. The number of rotatable bonds is 17. The van der Waals surface area contributed by atoms with Gasteiger partial charge in [0.05, 0.1) is 18.5 Å². The number of unbranched alkanes of at least 4 members (excludes halogenated alkanes) is 6. The Morgan fingerprint density at radius 1 is 0.591 bits per heavy atom. The molecule has 6 heteroatoms. The lowest BCUT2D eigenvalue weighted by Crippen LogP contribution is -2.25. The van der Waals surface area contributed by atoms with Crippen LogP contribution in [-0.2, 0) is 4.57 Å². The molecular formula is C38H51O5P. The SMILES string of the molecule is CCCCCCOc1ccc(P(=O)(C(=O)c2c(C)cc(C)cc2C)C(=O)c2c(C)cc(C)cc2C)c(OCCCCCC)c1. The predicted octanol–water partition coefficient (Wildman–Crippen LogP) is 10.1. The minimum Gasteiger partial charge on any atom is -0.493 e. The van der Waals surface area contributed by atoms with Crippen molar-refractivity contribution < 1.29 is 23.6 Å². The first-order valence-corrected chi connectivity index (χ1v) is 17.9. The molecule has 0 aliphatic heterocycles. The Balaban J connectivity index is 2.22. The van der Waals surface area contributed by atoms with Gasteiger partial charge in [0.25, 0.3) is 7.14 Å². The lowest BCUT2D eigenvalue weighted by molar-refractivity contribution is 0.103. The number of hydrogen-bond donors (Lipinski definition) is 0. The summed E-state index contributed by atoms with van der Waals surface area (Å²) in [6.45, 7) is 16.5. The molecule has 0 saturated heterocycles. The molecule has 0 atom stereocenters. The van der Waals surface area contributed by atoms with E-state index in [1.807, 2.05) is 65.8 Å². The summed E-state index contributed by atoms with van der Waals surface area (Å²) >= 11 is 0. The molecule has 238 valence electrons. The van der Waals surface area contributed by atoms with Crippen LogP contribution < -0.4 is 14.8 Å². The van der Waals surface area contributed by atoms with E-state index in [2.05, 4.69) is 13.8 Å². The molecule has 44 heavy (non-hydrogen) atoms. The van der Waals surface area contributed by atoms with Crippen molar-refractivity contribution in [3.63, 3.8) is 0 Å². The minimum atomic E-state index is -4.45. The zero-order chi connectivity index (χ0) is 32.4. The minimum absolute atomic E-state index is 0.139. The maximum Gasteiger partial charge on any atom is 0.252 e. The summed E-state index contributed by atoms with van der Waals surface area (Å²) in [5.74, 6) is 0.855. The van der Waals surface area contributed by atoms with Gasteiger partial charge in [0.1, 0.15) is 11.5 Å². The van der Waals surface area contributed by atoms with E-state index in [1.165, 1.54) is 0 Å². The average Bonchev–Trinajstić information content (AvgIpc) is 2.95. The molecule has 5 nitrogen and oxygen atoms in total. The standard InChI is InChI=1S/C38H51O5P/c1-9-11-13-15-19-42-32-17-18-34(33(25-32)43-20-16-14-12-10-2)44(41,37(39)35-28(5)21-26(3)22-29(35)6)38(40)36-30(7)23-27(4)24-31(36)8/h17-18,21-25H,9-16,19-20H2,1-8H3. The summed E-state index contributed by atoms with van der Waals surface area (Å²) in [7, 11) is -4.45. The lowest BCUT2D eigenvalue weighted by atomic mass is 10.0. The fourth-order valence-corrected chi connectivity index (χ4v) is 8.73. The maximum absolute atomic E-state index is 15.6. The van der Waals surface area contributed by atoms with E-state index < -0.39 is 18.2 Å². The summed E-state index contributed by atoms with van der Waals surface area (Å²) in [5.41, 5.74) is 4.17. The molecule has 0 unspecified atom stereocenters. The first kappa shape index (κ1) is 35.3. The third kappa shape index (κ3) is 8.30. The first-order chi connectivity index (χ1) is 20.9. The molecule has 0 amide bonds. The average molecular weight is 619 g/mol. The van der Waals surface area contributed by atoms with Gasteiger partial charge >= 0.3 is 0 Å². The van der Waals surface area contributed by atoms with Crippen LogP contribution in [0.1, 0.15) is 119 Å². The monoisotopic (exact) mass is 618 g/mol. The van der Waals surface area contributed by atoms with E-state index in [0.717, 1.165) is 62.5 Å². The quantitative estimate of drug-likeness (QED) is 0.111. The summed E-state index contributed by atoms with van der Waals surface area (Å²) in [4.78, 5) is 29.4. The van der Waals surface area contributed by atoms with Gasteiger partial charge in [-0.2, -0.15) is 0 Å². The van der Waals surface area contributed by atoms with Gasteiger partial charge in [-0.3, -0.25) is 9.59 Å². The zero-order valence-electron chi connectivity index (χ0n) is 28.1. The topological polar surface area (TPSA) is 69.7 Å². The Labute approximate surface area is 265 Å². The van der Waals surface area contributed by atoms with Gasteiger partial charge in [0.2, 0.25) is 11.0 Å². The Hall–Kier alpha value is -3.17. The summed E-state index contributed by atoms with van der Waals surface area (Å²) in [6.07, 6.45) is 8.29. The molecule has 0 fully saturated rings. The highest BCUT2D eigenvalue weighted by Crippen LogP contribution is 2.55. The number of ether oxygens (including phenoxy) is 2. The van der Waals surface area contributed by atoms with E-state index >= 15 is 4.57 Å². The van der Waals surface area contributed by atoms with Crippen LogP contribution in [-0.4, -0.2) is 24.3 Å². The molecule has 0 radical (unpaired) electrons. The molecule has 0 bridgehead atoms. The lowest BCUT2D eigenvalue weighted by Gasteiger charge is -2.23. The first-order valence-electron chi connectivity index (χ1n) is 16.2. The van der Waals surface area contributed by atoms with Crippen molar-refractivity contribution in [2.45, 2.75) is 107 Å². The van der Waals surface area contributed by atoms with Crippen LogP contribution in [0.5, 0.6) is 11.5 Å². The molecule has 0 N–H and O–H groups in total. The molecule has 0 aromatic heterocycles. The van der Waals surface area contributed by atoms with Gasteiger partial charge < -0.3 is 14.0 Å². The normalized spacial score (nSPS) is 11.5. The van der Waals surface area contributed by atoms with Crippen LogP contribution in [0.4, 0.5) is 0 Å². The summed E-state index contributed by atoms with van der Waals surface area (Å²) < 4.78 is 27.9. The van der Waals surface area contributed by atoms with Gasteiger partial charge in [-0.15, -0.1) is 0 Å². The van der Waals surface area contributed by atoms with Gasteiger partial charge in [-0.25, -0.2) is 0 Å². The van der Waals surface area contributed by atoms with Gasteiger partial charge in [-0.1, -0.05) is 87.8 Å². The molecule has 3 aromatic rings. The molecule has 0 heterocycles. The second-order valence-corrected chi connectivity index (χ2v) is 14.7. The zero-order valence-corrected chi connectivity index (χ0v) is 29.0. The van der Waals surface area contributed by atoms with Crippen molar-refractivity contribution in [3.8, 4) is 11.5 Å².